The molecule has 0 saturated carbocycles. The first-order valence-corrected chi connectivity index (χ1v) is 6.98. The second-order valence-corrected chi connectivity index (χ2v) is 4.93. The van der Waals surface area contributed by atoms with Gasteiger partial charge in [-0.1, -0.05) is 0 Å². The van der Waals surface area contributed by atoms with E-state index in [9.17, 15) is 4.39 Å². The number of benzene rings is 1. The summed E-state index contributed by atoms with van der Waals surface area (Å²) in [5.74, 6) is 0.640. The van der Waals surface area contributed by atoms with Gasteiger partial charge in [0.1, 0.15) is 5.82 Å². The van der Waals surface area contributed by atoms with E-state index in [0.29, 0.717) is 49.3 Å². The van der Waals surface area contributed by atoms with Gasteiger partial charge in [-0.3, -0.25) is 0 Å². The summed E-state index contributed by atoms with van der Waals surface area (Å²) in [4.78, 5) is 10.8. The molecule has 1 aliphatic heterocycles. The van der Waals surface area contributed by atoms with Crippen LogP contribution in [0.25, 0.3) is 11.3 Å². The normalized spacial score (nSPS) is 14.9. The predicted octanol–water partition coefficient (Wildman–Crippen LogP) is 1.71. The van der Waals surface area contributed by atoms with Crippen LogP contribution < -0.4 is 15.4 Å². The summed E-state index contributed by atoms with van der Waals surface area (Å²) in [5.41, 5.74) is 7.08. The maximum absolute atomic E-state index is 13.9. The van der Waals surface area contributed by atoms with Crippen molar-refractivity contribution in [1.29, 1.82) is 0 Å². The Hall–Kier alpha value is -2.41. The molecule has 7 heteroatoms. The molecule has 1 aliphatic rings. The molecule has 0 amide bonds. The first-order chi connectivity index (χ1) is 10.7. The molecule has 0 radical (unpaired) electrons. The summed E-state index contributed by atoms with van der Waals surface area (Å²) >= 11 is 0. The zero-order valence-corrected chi connectivity index (χ0v) is 12.3. The van der Waals surface area contributed by atoms with E-state index in [1.807, 2.05) is 4.90 Å². The largest absolute Gasteiger partial charge is 0.494 e. The molecule has 0 bridgehead atoms. The summed E-state index contributed by atoms with van der Waals surface area (Å²) in [5, 5.41) is 0. The van der Waals surface area contributed by atoms with Gasteiger partial charge < -0.3 is 20.1 Å². The predicted molar refractivity (Wildman–Crippen MR) is 81.4 cm³/mol. The number of anilines is 2. The topological polar surface area (TPSA) is 73.5 Å². The average molecular weight is 304 g/mol. The van der Waals surface area contributed by atoms with Crippen LogP contribution >= 0.6 is 0 Å². The molecule has 1 fully saturated rings. The summed E-state index contributed by atoms with van der Waals surface area (Å²) in [6.07, 6.45) is 0. The highest BCUT2D eigenvalue weighted by molar-refractivity contribution is 5.64. The summed E-state index contributed by atoms with van der Waals surface area (Å²) in [6, 6.07) is 6.32. The first kappa shape index (κ1) is 14.5. The van der Waals surface area contributed by atoms with Crippen molar-refractivity contribution in [1.82, 2.24) is 9.97 Å². The lowest BCUT2D eigenvalue weighted by atomic mass is 10.1. The van der Waals surface area contributed by atoms with Crippen molar-refractivity contribution in [2.75, 3.05) is 44.0 Å². The quantitative estimate of drug-likeness (QED) is 0.930. The van der Waals surface area contributed by atoms with Gasteiger partial charge in [-0.25, -0.2) is 9.37 Å². The third-order valence-corrected chi connectivity index (χ3v) is 3.48. The Labute approximate surface area is 127 Å². The van der Waals surface area contributed by atoms with Gasteiger partial charge in [0.2, 0.25) is 5.95 Å². The van der Waals surface area contributed by atoms with Crippen molar-refractivity contribution in [3.8, 4) is 17.0 Å². The Morgan fingerprint density at radius 2 is 2.00 bits per heavy atom. The van der Waals surface area contributed by atoms with E-state index in [0.717, 1.165) is 0 Å². The van der Waals surface area contributed by atoms with Crippen molar-refractivity contribution >= 4 is 11.8 Å². The average Bonchev–Trinajstić information content (AvgIpc) is 2.55. The second-order valence-electron chi connectivity index (χ2n) is 4.93. The van der Waals surface area contributed by atoms with Crippen LogP contribution in [0.4, 0.5) is 16.2 Å². The minimum absolute atomic E-state index is 0.194. The first-order valence-electron chi connectivity index (χ1n) is 6.98. The van der Waals surface area contributed by atoms with Crippen LogP contribution in [0.3, 0.4) is 0 Å². The number of nitrogens with two attached hydrogens (primary N) is 1. The van der Waals surface area contributed by atoms with Crippen molar-refractivity contribution in [2.45, 2.75) is 0 Å². The minimum Gasteiger partial charge on any atom is -0.494 e. The van der Waals surface area contributed by atoms with Crippen LogP contribution in [-0.2, 0) is 4.74 Å². The molecule has 2 heterocycles. The summed E-state index contributed by atoms with van der Waals surface area (Å²) in [7, 11) is 1.43. The van der Waals surface area contributed by atoms with E-state index < -0.39 is 5.82 Å². The maximum atomic E-state index is 13.9. The van der Waals surface area contributed by atoms with Crippen LogP contribution in [0, 0.1) is 5.82 Å². The van der Waals surface area contributed by atoms with Crippen LogP contribution in [0.5, 0.6) is 5.75 Å². The van der Waals surface area contributed by atoms with E-state index in [1.54, 1.807) is 18.2 Å². The molecule has 22 heavy (non-hydrogen) atoms. The smallest absolute Gasteiger partial charge is 0.228 e. The monoisotopic (exact) mass is 304 g/mol. The van der Waals surface area contributed by atoms with Crippen LogP contribution in [0.2, 0.25) is 0 Å². The second kappa shape index (κ2) is 6.15. The molecule has 1 aromatic heterocycles. The van der Waals surface area contributed by atoms with E-state index in [2.05, 4.69) is 9.97 Å². The molecule has 0 unspecified atom stereocenters. The lowest BCUT2D eigenvalue weighted by Gasteiger charge is -2.27. The van der Waals surface area contributed by atoms with Crippen LogP contribution in [0.15, 0.2) is 24.3 Å². The lowest BCUT2D eigenvalue weighted by Crippen LogP contribution is -2.37. The molecule has 0 spiro atoms. The van der Waals surface area contributed by atoms with Gasteiger partial charge in [-0.15, -0.1) is 0 Å². The highest BCUT2D eigenvalue weighted by atomic mass is 19.1. The standard InChI is InChI=1S/C15H17FN4O2/c1-21-13-3-2-10(8-11(13)16)12-9-14(17)19-15(18-12)20-4-6-22-7-5-20/h2-3,8-9H,4-7H2,1H3,(H2,17,18,19). The number of halogens is 1. The third-order valence-electron chi connectivity index (χ3n) is 3.48. The third kappa shape index (κ3) is 2.94. The zero-order chi connectivity index (χ0) is 15.5. The number of hydrogen-bond donors (Lipinski definition) is 1. The minimum atomic E-state index is -0.440. The molecule has 0 atom stereocenters. The van der Waals surface area contributed by atoms with Crippen molar-refractivity contribution in [2.24, 2.45) is 0 Å². The van der Waals surface area contributed by atoms with E-state index in [1.165, 1.54) is 13.2 Å². The molecule has 2 aromatic rings. The number of nitrogen functional groups attached to an aromatic ring is 1. The highest BCUT2D eigenvalue weighted by Crippen LogP contribution is 2.26. The molecule has 116 valence electrons. The Morgan fingerprint density at radius 3 is 2.68 bits per heavy atom. The summed E-state index contributed by atoms with van der Waals surface area (Å²) in [6.45, 7) is 2.68. The van der Waals surface area contributed by atoms with Gasteiger partial charge in [-0.2, -0.15) is 4.98 Å². The van der Waals surface area contributed by atoms with Crippen molar-refractivity contribution in [3.63, 3.8) is 0 Å². The highest BCUT2D eigenvalue weighted by Gasteiger charge is 2.16. The zero-order valence-electron chi connectivity index (χ0n) is 12.3. The van der Waals surface area contributed by atoms with Gasteiger partial charge in [0.25, 0.3) is 0 Å². The molecule has 6 nitrogen and oxygen atoms in total. The SMILES string of the molecule is COc1ccc(-c2cc(N)nc(N3CCOCC3)n2)cc1F. The molecule has 1 aromatic carbocycles. The Kier molecular flexibility index (Phi) is 4.06. The van der Waals surface area contributed by atoms with Gasteiger partial charge in [0.15, 0.2) is 11.6 Å². The molecular formula is C15H17FN4O2. The Bertz CT molecular complexity index is 675. The molecule has 0 aliphatic carbocycles. The molecule has 1 saturated heterocycles. The summed E-state index contributed by atoms with van der Waals surface area (Å²) < 4.78 is 24.1. The Balaban J connectivity index is 1.96. The number of methoxy groups -OCH3 is 1. The van der Waals surface area contributed by atoms with Crippen molar-refractivity contribution in [3.05, 3.63) is 30.1 Å². The number of rotatable bonds is 3. The fourth-order valence-electron chi connectivity index (χ4n) is 2.33. The lowest BCUT2D eigenvalue weighted by molar-refractivity contribution is 0.122. The number of ether oxygens (including phenoxy) is 2. The van der Waals surface area contributed by atoms with Gasteiger partial charge in [0.05, 0.1) is 26.0 Å². The molecule has 3 rings (SSSR count). The van der Waals surface area contributed by atoms with Crippen molar-refractivity contribution < 1.29 is 13.9 Å². The Morgan fingerprint density at radius 1 is 1.23 bits per heavy atom. The number of hydrogen-bond acceptors (Lipinski definition) is 6. The number of nitrogens with zero attached hydrogens (tertiary/aromatic N) is 3. The van der Waals surface area contributed by atoms with Crippen LogP contribution in [-0.4, -0.2) is 43.4 Å². The van der Waals surface area contributed by atoms with E-state index in [-0.39, 0.29) is 5.75 Å². The van der Waals surface area contributed by atoms with Crippen LogP contribution in [0.1, 0.15) is 0 Å². The molecule has 2 N–H and O–H groups in total. The van der Waals surface area contributed by atoms with Gasteiger partial charge in [-0.05, 0) is 18.2 Å². The van der Waals surface area contributed by atoms with Gasteiger partial charge >= 0.3 is 0 Å². The fourth-order valence-corrected chi connectivity index (χ4v) is 2.33. The van der Waals surface area contributed by atoms with Gasteiger partial charge in [0, 0.05) is 24.7 Å². The number of aromatic nitrogens is 2. The van der Waals surface area contributed by atoms with E-state index in [4.69, 9.17) is 15.2 Å². The number of morpholine rings is 1. The van der Waals surface area contributed by atoms with E-state index >= 15 is 0 Å². The maximum Gasteiger partial charge on any atom is 0.228 e. The fraction of sp³-hybridized carbons (Fsp3) is 0.333. The molecular weight excluding hydrogens is 287 g/mol.